The number of hydrogen-bond acceptors (Lipinski definition) is 5. The molecule has 0 bridgehead atoms. The first-order valence-electron chi connectivity index (χ1n) is 7.10. The smallest absolute Gasteiger partial charge is 0.161 e. The van der Waals surface area contributed by atoms with Crippen molar-refractivity contribution in [2.24, 2.45) is 5.73 Å². The third kappa shape index (κ3) is 3.04. The van der Waals surface area contributed by atoms with Gasteiger partial charge in [-0.1, -0.05) is 6.07 Å². The number of nitrogens with zero attached hydrogens (tertiary/aromatic N) is 1. The maximum absolute atomic E-state index is 5.97. The van der Waals surface area contributed by atoms with E-state index in [0.29, 0.717) is 26.3 Å². The molecule has 5 heteroatoms. The molecule has 21 heavy (non-hydrogen) atoms. The monoisotopic (exact) mass is 288 g/mol. The first kappa shape index (κ1) is 14.0. The van der Waals surface area contributed by atoms with E-state index in [1.165, 1.54) is 0 Å². The van der Waals surface area contributed by atoms with Crippen LogP contribution < -0.4 is 15.2 Å². The Morgan fingerprint density at radius 1 is 1.19 bits per heavy atom. The molecule has 0 aliphatic carbocycles. The van der Waals surface area contributed by atoms with E-state index in [9.17, 15) is 0 Å². The molecule has 112 valence electrons. The molecule has 0 saturated carbocycles. The van der Waals surface area contributed by atoms with Gasteiger partial charge in [-0.25, -0.2) is 0 Å². The van der Waals surface area contributed by atoms with Crippen LogP contribution in [0.15, 0.2) is 41.0 Å². The second-order valence-electron chi connectivity index (χ2n) is 5.15. The number of benzene rings is 1. The zero-order valence-corrected chi connectivity index (χ0v) is 12.1. The average Bonchev–Trinajstić information content (AvgIpc) is 3.01. The largest absolute Gasteiger partial charge is 0.486 e. The van der Waals surface area contributed by atoms with E-state index in [0.717, 1.165) is 22.8 Å². The molecule has 1 aliphatic heterocycles. The maximum atomic E-state index is 5.97. The van der Waals surface area contributed by atoms with Crippen molar-refractivity contribution in [3.63, 3.8) is 0 Å². The van der Waals surface area contributed by atoms with Gasteiger partial charge in [-0.2, -0.15) is 0 Å². The number of likely N-dealkylation sites (N-methyl/N-ethyl adjacent to an activating group) is 1. The van der Waals surface area contributed by atoms with E-state index >= 15 is 0 Å². The lowest BCUT2D eigenvalue weighted by molar-refractivity contribution is 0.170. The van der Waals surface area contributed by atoms with Gasteiger partial charge < -0.3 is 19.6 Å². The number of fused-ring (bicyclic) bond motifs is 1. The van der Waals surface area contributed by atoms with Crippen molar-refractivity contribution in [1.82, 2.24) is 4.90 Å². The summed E-state index contributed by atoms with van der Waals surface area (Å²) >= 11 is 0. The fourth-order valence-electron chi connectivity index (χ4n) is 2.60. The Morgan fingerprint density at radius 3 is 2.71 bits per heavy atom. The number of nitrogens with two attached hydrogens (primary N) is 1. The highest BCUT2D eigenvalue weighted by Crippen LogP contribution is 2.33. The Bertz CT molecular complexity index is 583. The molecule has 1 aliphatic rings. The van der Waals surface area contributed by atoms with Crippen molar-refractivity contribution in [2.45, 2.75) is 12.6 Å². The van der Waals surface area contributed by atoms with Gasteiger partial charge in [0.2, 0.25) is 0 Å². The molecule has 2 heterocycles. The third-order valence-corrected chi connectivity index (χ3v) is 3.69. The van der Waals surface area contributed by atoms with Crippen molar-refractivity contribution in [1.29, 1.82) is 0 Å². The van der Waals surface area contributed by atoms with Gasteiger partial charge in [0.25, 0.3) is 0 Å². The minimum atomic E-state index is 0.103. The summed E-state index contributed by atoms with van der Waals surface area (Å²) in [5, 5.41) is 0. The molecule has 1 atom stereocenters. The van der Waals surface area contributed by atoms with Crippen LogP contribution in [0.2, 0.25) is 0 Å². The summed E-state index contributed by atoms with van der Waals surface area (Å²) in [5.41, 5.74) is 7.09. The zero-order chi connectivity index (χ0) is 14.7. The highest BCUT2D eigenvalue weighted by atomic mass is 16.6. The van der Waals surface area contributed by atoms with Crippen LogP contribution in [0.3, 0.4) is 0 Å². The van der Waals surface area contributed by atoms with Crippen LogP contribution in [0.1, 0.15) is 17.4 Å². The Hall–Kier alpha value is -1.98. The van der Waals surface area contributed by atoms with Crippen molar-refractivity contribution in [2.75, 3.05) is 26.8 Å². The molecule has 0 amide bonds. The van der Waals surface area contributed by atoms with E-state index in [2.05, 4.69) is 4.90 Å². The van der Waals surface area contributed by atoms with Gasteiger partial charge in [0.05, 0.1) is 12.8 Å². The van der Waals surface area contributed by atoms with Crippen LogP contribution >= 0.6 is 0 Å². The fourth-order valence-corrected chi connectivity index (χ4v) is 2.60. The predicted octanol–water partition coefficient (Wildman–Crippen LogP) is 2.18. The quantitative estimate of drug-likeness (QED) is 0.913. The number of rotatable bonds is 5. The summed E-state index contributed by atoms with van der Waals surface area (Å²) in [4.78, 5) is 2.17. The molecule has 3 rings (SSSR count). The van der Waals surface area contributed by atoms with Crippen molar-refractivity contribution in [3.8, 4) is 11.5 Å². The lowest BCUT2D eigenvalue weighted by Gasteiger charge is -2.28. The predicted molar refractivity (Wildman–Crippen MR) is 79.4 cm³/mol. The molecule has 0 spiro atoms. The zero-order valence-electron chi connectivity index (χ0n) is 12.1. The van der Waals surface area contributed by atoms with Crippen LogP contribution in [0.5, 0.6) is 11.5 Å². The van der Waals surface area contributed by atoms with E-state index < -0.39 is 0 Å². The lowest BCUT2D eigenvalue weighted by Crippen LogP contribution is -2.30. The number of ether oxygens (including phenoxy) is 2. The van der Waals surface area contributed by atoms with Crippen LogP contribution in [-0.2, 0) is 6.54 Å². The first-order valence-corrected chi connectivity index (χ1v) is 7.10. The fraction of sp³-hybridized carbons (Fsp3) is 0.375. The van der Waals surface area contributed by atoms with E-state index in [-0.39, 0.29) is 6.04 Å². The maximum Gasteiger partial charge on any atom is 0.161 e. The summed E-state index contributed by atoms with van der Waals surface area (Å²) in [5.74, 6) is 2.52. The van der Waals surface area contributed by atoms with Crippen molar-refractivity contribution >= 4 is 0 Å². The lowest BCUT2D eigenvalue weighted by atomic mass is 10.0. The van der Waals surface area contributed by atoms with E-state index in [1.54, 1.807) is 6.26 Å². The molecule has 5 nitrogen and oxygen atoms in total. The Balaban J connectivity index is 1.79. The molecule has 1 aromatic carbocycles. The van der Waals surface area contributed by atoms with E-state index in [4.69, 9.17) is 19.6 Å². The third-order valence-electron chi connectivity index (χ3n) is 3.69. The SMILES string of the molecule is CN(Cc1ccco1)C(CN)c1ccc2c(c1)OCCO2. The van der Waals surface area contributed by atoms with Gasteiger partial charge in [-0.3, -0.25) is 4.90 Å². The molecule has 2 aromatic rings. The Labute approximate surface area is 124 Å². The summed E-state index contributed by atoms with van der Waals surface area (Å²) in [7, 11) is 2.04. The highest BCUT2D eigenvalue weighted by molar-refractivity contribution is 5.44. The topological polar surface area (TPSA) is 60.9 Å². The van der Waals surface area contributed by atoms with Gasteiger partial charge in [-0.15, -0.1) is 0 Å². The highest BCUT2D eigenvalue weighted by Gasteiger charge is 2.20. The van der Waals surface area contributed by atoms with Gasteiger partial charge in [-0.05, 0) is 36.9 Å². The standard InChI is InChI=1S/C16H20N2O3/c1-18(11-13-3-2-6-19-13)14(10-17)12-4-5-15-16(9-12)21-8-7-20-15/h2-6,9,14H,7-8,10-11,17H2,1H3. The normalized spacial score (nSPS) is 15.2. The molecule has 1 unspecified atom stereocenters. The van der Waals surface area contributed by atoms with Crippen molar-refractivity contribution < 1.29 is 13.9 Å². The molecule has 0 radical (unpaired) electrons. The molecule has 1 aromatic heterocycles. The second kappa shape index (κ2) is 6.20. The van der Waals surface area contributed by atoms with Crippen LogP contribution in [0.4, 0.5) is 0 Å². The van der Waals surface area contributed by atoms with Gasteiger partial charge in [0.15, 0.2) is 11.5 Å². The Kier molecular flexibility index (Phi) is 4.13. The summed E-state index contributed by atoms with van der Waals surface area (Å²) < 4.78 is 16.6. The number of hydrogen-bond donors (Lipinski definition) is 1. The van der Waals surface area contributed by atoms with Crippen molar-refractivity contribution in [3.05, 3.63) is 47.9 Å². The number of furan rings is 1. The molecular weight excluding hydrogens is 268 g/mol. The van der Waals surface area contributed by atoms with Gasteiger partial charge >= 0.3 is 0 Å². The van der Waals surface area contributed by atoms with Gasteiger partial charge in [0.1, 0.15) is 19.0 Å². The Morgan fingerprint density at radius 2 is 2.00 bits per heavy atom. The minimum absolute atomic E-state index is 0.103. The summed E-state index contributed by atoms with van der Waals surface area (Å²) in [6.07, 6.45) is 1.69. The summed E-state index contributed by atoms with van der Waals surface area (Å²) in [6.45, 7) is 2.43. The van der Waals surface area contributed by atoms with E-state index in [1.807, 2.05) is 37.4 Å². The van der Waals surface area contributed by atoms with Crippen LogP contribution in [0, 0.1) is 0 Å². The molecule has 0 saturated heterocycles. The summed E-state index contributed by atoms with van der Waals surface area (Å²) in [6, 6.07) is 9.98. The first-order chi connectivity index (χ1) is 10.3. The molecule has 0 fully saturated rings. The molecule has 2 N–H and O–H groups in total. The van der Waals surface area contributed by atoms with Crippen LogP contribution in [-0.4, -0.2) is 31.7 Å². The molecular formula is C16H20N2O3. The van der Waals surface area contributed by atoms with Gasteiger partial charge in [0, 0.05) is 12.6 Å². The van der Waals surface area contributed by atoms with Crippen LogP contribution in [0.25, 0.3) is 0 Å². The average molecular weight is 288 g/mol. The second-order valence-corrected chi connectivity index (χ2v) is 5.15. The minimum Gasteiger partial charge on any atom is -0.486 e.